The summed E-state index contributed by atoms with van der Waals surface area (Å²) in [6, 6.07) is 5.80. The number of phenols is 1. The summed E-state index contributed by atoms with van der Waals surface area (Å²) in [6.45, 7) is 6.24. The number of benzene rings is 2. The minimum atomic E-state index is -0.676. The molecule has 0 aliphatic heterocycles. The van der Waals surface area contributed by atoms with Crippen molar-refractivity contribution in [1.82, 2.24) is 0 Å². The van der Waals surface area contributed by atoms with Crippen molar-refractivity contribution >= 4 is 16.9 Å². The van der Waals surface area contributed by atoms with Crippen molar-refractivity contribution in [2.24, 2.45) is 5.92 Å². The van der Waals surface area contributed by atoms with Crippen LogP contribution in [0.1, 0.15) is 55.2 Å². The molecule has 1 N–H and O–H groups in total. The van der Waals surface area contributed by atoms with Crippen molar-refractivity contribution in [3.8, 4) is 11.5 Å². The molecule has 2 bridgehead atoms. The van der Waals surface area contributed by atoms with E-state index in [1.54, 1.807) is 6.92 Å². The normalized spacial score (nSPS) is 24.2. The minimum absolute atomic E-state index is 0.276. The number of rotatable bonds is 2. The van der Waals surface area contributed by atoms with Crippen LogP contribution in [0.4, 0.5) is 4.79 Å². The largest absolute Gasteiger partial charge is 0.513 e. The first-order valence-corrected chi connectivity index (χ1v) is 8.67. The molecule has 4 rings (SSSR count). The maximum Gasteiger partial charge on any atom is 0.513 e. The predicted molar refractivity (Wildman–Crippen MR) is 91.9 cm³/mol. The number of aromatic hydroxyl groups is 1. The molecule has 2 aromatic rings. The van der Waals surface area contributed by atoms with Gasteiger partial charge in [0.2, 0.25) is 0 Å². The molecule has 1 fully saturated rings. The fourth-order valence-corrected chi connectivity index (χ4v) is 4.76. The topological polar surface area (TPSA) is 55.8 Å². The van der Waals surface area contributed by atoms with Crippen LogP contribution in [0.3, 0.4) is 0 Å². The summed E-state index contributed by atoms with van der Waals surface area (Å²) in [6.07, 6.45) is 1.49. The molecule has 24 heavy (non-hydrogen) atoms. The minimum Gasteiger partial charge on any atom is -0.507 e. The first kappa shape index (κ1) is 15.3. The van der Waals surface area contributed by atoms with Gasteiger partial charge in [0, 0.05) is 21.9 Å². The highest BCUT2D eigenvalue weighted by atomic mass is 16.7. The molecule has 0 heterocycles. The van der Waals surface area contributed by atoms with Gasteiger partial charge in [-0.15, -0.1) is 0 Å². The van der Waals surface area contributed by atoms with Crippen LogP contribution in [0.25, 0.3) is 10.8 Å². The SMILES string of the molecule is CCOC(=O)Oc1c2c(c(O)c3cccc(C)c13)C1CCC2C1C. The number of phenolic OH excluding ortho intramolecular Hbond substituents is 1. The van der Waals surface area contributed by atoms with Gasteiger partial charge in [0.1, 0.15) is 11.5 Å². The van der Waals surface area contributed by atoms with E-state index < -0.39 is 6.16 Å². The first-order chi connectivity index (χ1) is 11.5. The summed E-state index contributed by atoms with van der Waals surface area (Å²) in [4.78, 5) is 12.0. The number of fused-ring (bicyclic) bond motifs is 6. The van der Waals surface area contributed by atoms with Gasteiger partial charge in [0.05, 0.1) is 6.61 Å². The summed E-state index contributed by atoms with van der Waals surface area (Å²) in [7, 11) is 0. The molecule has 4 heteroatoms. The second-order valence-electron chi connectivity index (χ2n) is 6.94. The summed E-state index contributed by atoms with van der Waals surface area (Å²) >= 11 is 0. The zero-order valence-corrected chi connectivity index (χ0v) is 14.3. The Morgan fingerprint density at radius 2 is 1.96 bits per heavy atom. The van der Waals surface area contributed by atoms with E-state index in [0.29, 0.717) is 29.3 Å². The van der Waals surface area contributed by atoms with Gasteiger partial charge in [-0.1, -0.05) is 25.1 Å². The molecule has 1 saturated carbocycles. The molecule has 0 radical (unpaired) electrons. The monoisotopic (exact) mass is 326 g/mol. The van der Waals surface area contributed by atoms with Gasteiger partial charge in [-0.2, -0.15) is 0 Å². The Morgan fingerprint density at radius 3 is 2.67 bits per heavy atom. The third-order valence-electron chi connectivity index (χ3n) is 5.79. The first-order valence-electron chi connectivity index (χ1n) is 8.67. The highest BCUT2D eigenvalue weighted by Gasteiger charge is 2.48. The lowest BCUT2D eigenvalue weighted by Crippen LogP contribution is -2.13. The van der Waals surface area contributed by atoms with Crippen LogP contribution >= 0.6 is 0 Å². The molecule has 2 aromatic carbocycles. The van der Waals surface area contributed by atoms with Crippen LogP contribution in [-0.2, 0) is 4.74 Å². The number of ether oxygens (including phenoxy) is 2. The van der Waals surface area contributed by atoms with Crippen molar-refractivity contribution in [2.45, 2.75) is 45.4 Å². The Kier molecular flexibility index (Phi) is 3.44. The highest BCUT2D eigenvalue weighted by Crippen LogP contribution is 2.63. The molecule has 126 valence electrons. The van der Waals surface area contributed by atoms with E-state index >= 15 is 0 Å². The molecule has 2 aliphatic rings. The van der Waals surface area contributed by atoms with Gasteiger partial charge in [-0.05, 0) is 50.0 Å². The zero-order chi connectivity index (χ0) is 17.0. The lowest BCUT2D eigenvalue weighted by Gasteiger charge is -2.23. The lowest BCUT2D eigenvalue weighted by atomic mass is 9.86. The van der Waals surface area contributed by atoms with Crippen LogP contribution in [0.15, 0.2) is 18.2 Å². The van der Waals surface area contributed by atoms with Crippen molar-refractivity contribution < 1.29 is 19.4 Å². The van der Waals surface area contributed by atoms with Gasteiger partial charge < -0.3 is 14.6 Å². The summed E-state index contributed by atoms with van der Waals surface area (Å²) < 4.78 is 10.7. The molecule has 2 aliphatic carbocycles. The van der Waals surface area contributed by atoms with Gasteiger partial charge in [-0.25, -0.2) is 4.79 Å². The Hall–Kier alpha value is -2.23. The molecule has 4 nitrogen and oxygen atoms in total. The third kappa shape index (κ3) is 1.95. The van der Waals surface area contributed by atoms with E-state index in [2.05, 4.69) is 6.92 Å². The average Bonchev–Trinajstić information content (AvgIpc) is 3.05. The van der Waals surface area contributed by atoms with E-state index in [9.17, 15) is 9.90 Å². The van der Waals surface area contributed by atoms with E-state index in [1.165, 1.54) is 0 Å². The summed E-state index contributed by atoms with van der Waals surface area (Å²) in [5.41, 5.74) is 2.99. The Balaban J connectivity index is 2.02. The van der Waals surface area contributed by atoms with Crippen LogP contribution in [0.5, 0.6) is 11.5 Å². The van der Waals surface area contributed by atoms with Crippen molar-refractivity contribution in [3.05, 3.63) is 34.9 Å². The molecular formula is C20H22O4. The van der Waals surface area contributed by atoms with Crippen LogP contribution in [-0.4, -0.2) is 17.9 Å². The molecule has 0 amide bonds. The predicted octanol–water partition coefficient (Wildman–Crippen LogP) is 5.00. The van der Waals surface area contributed by atoms with Crippen LogP contribution in [0, 0.1) is 12.8 Å². The quantitative estimate of drug-likeness (QED) is 0.623. The summed E-state index contributed by atoms with van der Waals surface area (Å²) in [5.74, 6) is 2.10. The van der Waals surface area contributed by atoms with Crippen LogP contribution < -0.4 is 4.74 Å². The fourth-order valence-electron chi connectivity index (χ4n) is 4.76. The molecule has 3 atom stereocenters. The van der Waals surface area contributed by atoms with Crippen LogP contribution in [0.2, 0.25) is 0 Å². The number of hydrogen-bond donors (Lipinski definition) is 1. The molecular weight excluding hydrogens is 304 g/mol. The van der Waals surface area contributed by atoms with Gasteiger partial charge in [-0.3, -0.25) is 0 Å². The lowest BCUT2D eigenvalue weighted by molar-refractivity contribution is 0.104. The Bertz CT molecular complexity index is 839. The number of aryl methyl sites for hydroxylation is 1. The maximum absolute atomic E-state index is 12.0. The third-order valence-corrected chi connectivity index (χ3v) is 5.79. The van der Waals surface area contributed by atoms with Crippen molar-refractivity contribution in [2.75, 3.05) is 6.61 Å². The Morgan fingerprint density at radius 1 is 1.25 bits per heavy atom. The second kappa shape index (κ2) is 5.40. The number of carbonyl (C=O) groups excluding carboxylic acids is 1. The van der Waals surface area contributed by atoms with E-state index in [0.717, 1.165) is 40.3 Å². The number of carbonyl (C=O) groups is 1. The maximum atomic E-state index is 12.0. The van der Waals surface area contributed by atoms with Crippen molar-refractivity contribution in [1.29, 1.82) is 0 Å². The standard InChI is InChI=1S/C20H22O4/c1-4-23-20(22)24-19-15-10(2)6-5-7-14(15)18(21)16-12-8-9-13(11(12)3)17(16)19/h5-7,11-13,21H,4,8-9H2,1-3H3. The Labute approximate surface area is 141 Å². The highest BCUT2D eigenvalue weighted by molar-refractivity contribution is 6.00. The van der Waals surface area contributed by atoms with Gasteiger partial charge in [0.15, 0.2) is 0 Å². The molecule has 0 saturated heterocycles. The van der Waals surface area contributed by atoms with E-state index in [4.69, 9.17) is 9.47 Å². The fraction of sp³-hybridized carbons (Fsp3) is 0.450. The zero-order valence-electron chi connectivity index (χ0n) is 14.3. The molecule has 3 unspecified atom stereocenters. The molecule has 0 spiro atoms. The summed E-state index contributed by atoms with van der Waals surface area (Å²) in [5, 5.41) is 12.5. The van der Waals surface area contributed by atoms with Gasteiger partial charge in [0.25, 0.3) is 0 Å². The van der Waals surface area contributed by atoms with E-state index in [1.807, 2.05) is 25.1 Å². The smallest absolute Gasteiger partial charge is 0.507 e. The second-order valence-corrected chi connectivity index (χ2v) is 6.94. The van der Waals surface area contributed by atoms with Crippen molar-refractivity contribution in [3.63, 3.8) is 0 Å². The molecule has 0 aromatic heterocycles. The number of hydrogen-bond acceptors (Lipinski definition) is 4. The van der Waals surface area contributed by atoms with E-state index in [-0.39, 0.29) is 6.61 Å². The van der Waals surface area contributed by atoms with Gasteiger partial charge >= 0.3 is 6.16 Å². The average molecular weight is 326 g/mol.